The summed E-state index contributed by atoms with van der Waals surface area (Å²) in [7, 11) is 1.59. The molecule has 1 heterocycles. The van der Waals surface area contributed by atoms with Gasteiger partial charge in [0, 0.05) is 28.0 Å². The summed E-state index contributed by atoms with van der Waals surface area (Å²) in [5.74, 6) is 0.670. The topological polar surface area (TPSA) is 45.2 Å². The van der Waals surface area contributed by atoms with Crippen LogP contribution in [0.4, 0.5) is 0 Å². The van der Waals surface area contributed by atoms with Gasteiger partial charge in [-0.2, -0.15) is 0 Å². The minimum absolute atomic E-state index is 0.670. The van der Waals surface area contributed by atoms with Crippen molar-refractivity contribution in [3.05, 3.63) is 52.3 Å². The first-order valence-corrected chi connectivity index (χ1v) is 5.66. The Bertz CT molecular complexity index is 468. The normalized spacial score (nSPS) is 12.4. The average molecular weight is 282 g/mol. The predicted molar refractivity (Wildman–Crippen MR) is 65.5 cm³/mol. The summed E-state index contributed by atoms with van der Waals surface area (Å²) in [6.07, 6.45) is 2.88. The fourth-order valence-electron chi connectivity index (χ4n) is 1.60. The van der Waals surface area contributed by atoms with E-state index < -0.39 is 6.10 Å². The van der Waals surface area contributed by atoms with E-state index in [9.17, 15) is 5.11 Å². The Labute approximate surface area is 102 Å². The fraction of sp³-hybridized carbons (Fsp3) is 0.167. The summed E-state index contributed by atoms with van der Waals surface area (Å²) in [6, 6.07) is 7.41. The molecule has 84 valence electrons. The van der Waals surface area contributed by atoms with Crippen LogP contribution in [0.3, 0.4) is 0 Å². The van der Waals surface area contributed by atoms with Gasteiger partial charge in [-0.3, -0.25) is 0 Å². The lowest BCUT2D eigenvalue weighted by Gasteiger charge is -2.14. The highest BCUT2D eigenvalue weighted by Crippen LogP contribution is 2.31. The van der Waals surface area contributed by atoms with E-state index in [2.05, 4.69) is 20.9 Å². The summed E-state index contributed by atoms with van der Waals surface area (Å²) >= 11 is 3.37. The van der Waals surface area contributed by atoms with Crippen LogP contribution in [0.5, 0.6) is 5.75 Å². The maximum atomic E-state index is 10.2. The maximum Gasteiger partial charge on any atom is 0.126 e. The van der Waals surface area contributed by atoms with Gasteiger partial charge in [-0.25, -0.2) is 0 Å². The van der Waals surface area contributed by atoms with E-state index in [-0.39, 0.29) is 0 Å². The molecule has 0 radical (unpaired) electrons. The minimum Gasteiger partial charge on any atom is -0.496 e. The summed E-state index contributed by atoms with van der Waals surface area (Å²) < 4.78 is 6.17. The summed E-state index contributed by atoms with van der Waals surface area (Å²) in [5, 5.41) is 10.2. The fourth-order valence-corrected chi connectivity index (χ4v) is 1.94. The van der Waals surface area contributed by atoms with Gasteiger partial charge in [-0.1, -0.05) is 22.0 Å². The molecular formula is C12H12BrNO2. The van der Waals surface area contributed by atoms with Gasteiger partial charge in [0.2, 0.25) is 0 Å². The number of methoxy groups -OCH3 is 1. The first kappa shape index (κ1) is 11.2. The molecule has 0 spiro atoms. The molecule has 0 aliphatic heterocycles. The van der Waals surface area contributed by atoms with E-state index in [4.69, 9.17) is 4.74 Å². The SMILES string of the molecule is COc1cc(Br)ccc1C(O)c1cc[nH]c1. The Kier molecular flexibility index (Phi) is 3.31. The first-order valence-electron chi connectivity index (χ1n) is 4.86. The zero-order valence-electron chi connectivity index (χ0n) is 8.77. The molecule has 0 saturated heterocycles. The van der Waals surface area contributed by atoms with Gasteiger partial charge in [0.05, 0.1) is 7.11 Å². The molecule has 1 unspecified atom stereocenters. The summed E-state index contributed by atoms with van der Waals surface area (Å²) in [5.41, 5.74) is 1.57. The van der Waals surface area contributed by atoms with E-state index >= 15 is 0 Å². The second-order valence-corrected chi connectivity index (χ2v) is 4.35. The Morgan fingerprint density at radius 3 is 2.81 bits per heavy atom. The smallest absolute Gasteiger partial charge is 0.126 e. The van der Waals surface area contributed by atoms with Crippen LogP contribution in [0.1, 0.15) is 17.2 Å². The van der Waals surface area contributed by atoms with Gasteiger partial charge in [-0.15, -0.1) is 0 Å². The molecule has 0 aliphatic carbocycles. The molecule has 0 fully saturated rings. The third-order valence-electron chi connectivity index (χ3n) is 2.43. The molecule has 1 aromatic carbocycles. The second-order valence-electron chi connectivity index (χ2n) is 3.43. The van der Waals surface area contributed by atoms with Crippen molar-refractivity contribution >= 4 is 15.9 Å². The summed E-state index contributed by atoms with van der Waals surface area (Å²) in [4.78, 5) is 2.92. The van der Waals surface area contributed by atoms with Crippen LogP contribution in [0.25, 0.3) is 0 Å². The van der Waals surface area contributed by atoms with Crippen molar-refractivity contribution in [3.63, 3.8) is 0 Å². The van der Waals surface area contributed by atoms with Crippen molar-refractivity contribution in [2.75, 3.05) is 7.11 Å². The number of H-pyrrole nitrogens is 1. The van der Waals surface area contributed by atoms with Crippen LogP contribution < -0.4 is 4.74 Å². The van der Waals surface area contributed by atoms with Crippen molar-refractivity contribution in [1.82, 2.24) is 4.98 Å². The molecule has 1 atom stereocenters. The van der Waals surface area contributed by atoms with Crippen LogP contribution in [0.15, 0.2) is 41.1 Å². The van der Waals surface area contributed by atoms with Crippen molar-refractivity contribution in [2.24, 2.45) is 0 Å². The molecule has 2 N–H and O–H groups in total. The highest BCUT2D eigenvalue weighted by Gasteiger charge is 2.15. The van der Waals surface area contributed by atoms with Crippen molar-refractivity contribution in [3.8, 4) is 5.75 Å². The Morgan fingerprint density at radius 1 is 1.38 bits per heavy atom. The van der Waals surface area contributed by atoms with Crippen molar-refractivity contribution < 1.29 is 9.84 Å². The molecule has 4 heteroatoms. The number of nitrogens with one attached hydrogen (secondary N) is 1. The number of benzene rings is 1. The van der Waals surface area contributed by atoms with Gasteiger partial charge < -0.3 is 14.8 Å². The lowest BCUT2D eigenvalue weighted by molar-refractivity contribution is 0.215. The second kappa shape index (κ2) is 4.72. The number of aromatic nitrogens is 1. The van der Waals surface area contributed by atoms with E-state index in [0.29, 0.717) is 5.75 Å². The standard InChI is InChI=1S/C12H12BrNO2/c1-16-11-6-9(13)2-3-10(11)12(15)8-4-5-14-7-8/h2-7,12,14-15H,1H3. The Balaban J connectivity index is 2.40. The highest BCUT2D eigenvalue weighted by molar-refractivity contribution is 9.10. The molecule has 2 aromatic rings. The van der Waals surface area contributed by atoms with Crippen LogP contribution in [-0.2, 0) is 0 Å². The lowest BCUT2D eigenvalue weighted by atomic mass is 10.0. The zero-order valence-corrected chi connectivity index (χ0v) is 10.4. The van der Waals surface area contributed by atoms with Crippen molar-refractivity contribution in [1.29, 1.82) is 0 Å². The Hall–Kier alpha value is -1.26. The molecule has 3 nitrogen and oxygen atoms in total. The van der Waals surface area contributed by atoms with Crippen LogP contribution in [-0.4, -0.2) is 17.2 Å². The predicted octanol–water partition coefficient (Wildman–Crippen LogP) is 2.87. The van der Waals surface area contributed by atoms with E-state index in [0.717, 1.165) is 15.6 Å². The molecule has 2 rings (SSSR count). The average Bonchev–Trinajstić information content (AvgIpc) is 2.81. The molecular weight excluding hydrogens is 270 g/mol. The number of aromatic amines is 1. The zero-order chi connectivity index (χ0) is 11.5. The monoisotopic (exact) mass is 281 g/mol. The third-order valence-corrected chi connectivity index (χ3v) is 2.92. The number of hydrogen-bond donors (Lipinski definition) is 2. The van der Waals surface area contributed by atoms with Gasteiger partial charge in [0.25, 0.3) is 0 Å². The molecule has 0 amide bonds. The number of ether oxygens (including phenoxy) is 1. The number of rotatable bonds is 3. The number of halogens is 1. The molecule has 0 aliphatic rings. The quantitative estimate of drug-likeness (QED) is 0.909. The molecule has 1 aromatic heterocycles. The van der Waals surface area contributed by atoms with Crippen LogP contribution >= 0.6 is 15.9 Å². The van der Waals surface area contributed by atoms with Crippen molar-refractivity contribution in [2.45, 2.75) is 6.10 Å². The largest absolute Gasteiger partial charge is 0.496 e. The highest BCUT2D eigenvalue weighted by atomic mass is 79.9. The van der Waals surface area contributed by atoms with E-state index in [1.165, 1.54) is 0 Å². The van der Waals surface area contributed by atoms with Gasteiger partial charge in [0.15, 0.2) is 0 Å². The Morgan fingerprint density at radius 2 is 2.19 bits per heavy atom. The van der Waals surface area contributed by atoms with Gasteiger partial charge >= 0.3 is 0 Å². The molecule has 16 heavy (non-hydrogen) atoms. The number of hydrogen-bond acceptors (Lipinski definition) is 2. The van der Waals surface area contributed by atoms with Crippen LogP contribution in [0.2, 0.25) is 0 Å². The minimum atomic E-state index is -0.672. The van der Waals surface area contributed by atoms with E-state index in [1.54, 1.807) is 19.5 Å². The van der Waals surface area contributed by atoms with Gasteiger partial charge in [0.1, 0.15) is 11.9 Å². The molecule has 0 saturated carbocycles. The first-order chi connectivity index (χ1) is 7.72. The molecule has 0 bridgehead atoms. The number of aliphatic hydroxyl groups excluding tert-OH is 1. The maximum absolute atomic E-state index is 10.2. The van der Waals surface area contributed by atoms with E-state index in [1.807, 2.05) is 24.3 Å². The number of aliphatic hydroxyl groups is 1. The summed E-state index contributed by atoms with van der Waals surface area (Å²) in [6.45, 7) is 0. The van der Waals surface area contributed by atoms with Crippen LogP contribution in [0, 0.1) is 0 Å². The third kappa shape index (κ3) is 2.13. The van der Waals surface area contributed by atoms with Gasteiger partial charge in [-0.05, 0) is 18.2 Å². The lowest BCUT2D eigenvalue weighted by Crippen LogP contribution is -2.01.